The first kappa shape index (κ1) is 18.3. The summed E-state index contributed by atoms with van der Waals surface area (Å²) in [6.07, 6.45) is 1.87. The van der Waals surface area contributed by atoms with E-state index in [1.807, 2.05) is 17.0 Å². The van der Waals surface area contributed by atoms with E-state index in [2.05, 4.69) is 5.32 Å². The number of Topliss-reactive ketones (excluding diaryl/α,β-unsaturated/α-hetero) is 1. The largest absolute Gasteiger partial charge is 0.497 e. The molecule has 3 aliphatic rings. The monoisotopic (exact) mass is 382 g/mol. The van der Waals surface area contributed by atoms with E-state index >= 15 is 0 Å². The van der Waals surface area contributed by atoms with E-state index < -0.39 is 11.9 Å². The SMILES string of the molecule is COC(=O)C1=C2C(=O)NCCN2C2=C(C(=O)CCC2)[C@@H]1c1cccc(OC)c1. The number of benzene rings is 1. The standard InChI is InChI=1S/C21H22N2O5/c1-27-13-6-3-5-12(11-13)16-17-14(7-4-8-15(17)24)23-10-9-22-20(25)19(23)18(16)21(26)28-2/h3,5-6,11,16H,4,7-10H2,1-2H3,(H,22,25)/t16-/m0/s1. The zero-order valence-corrected chi connectivity index (χ0v) is 15.9. The number of piperazine rings is 1. The van der Waals surface area contributed by atoms with E-state index in [9.17, 15) is 14.4 Å². The molecule has 7 heteroatoms. The third kappa shape index (κ3) is 2.78. The van der Waals surface area contributed by atoms with Gasteiger partial charge in [-0.2, -0.15) is 0 Å². The van der Waals surface area contributed by atoms with Crippen LogP contribution in [0.2, 0.25) is 0 Å². The number of carbonyl (C=O) groups is 3. The maximum atomic E-state index is 13.0. The molecule has 1 fully saturated rings. The molecule has 2 aliphatic heterocycles. The second-order valence-corrected chi connectivity index (χ2v) is 7.01. The minimum absolute atomic E-state index is 0.0144. The van der Waals surface area contributed by atoms with Crippen LogP contribution in [0.5, 0.6) is 5.75 Å². The van der Waals surface area contributed by atoms with E-state index in [4.69, 9.17) is 9.47 Å². The highest BCUT2D eigenvalue weighted by Crippen LogP contribution is 2.47. The first-order valence-corrected chi connectivity index (χ1v) is 9.35. The normalized spacial score (nSPS) is 21.8. The van der Waals surface area contributed by atoms with E-state index in [0.29, 0.717) is 43.0 Å². The molecular formula is C21H22N2O5. The Morgan fingerprint density at radius 3 is 2.79 bits per heavy atom. The Labute approximate surface area is 163 Å². The summed E-state index contributed by atoms with van der Waals surface area (Å²) in [4.78, 5) is 40.4. The lowest BCUT2D eigenvalue weighted by atomic mass is 9.74. The van der Waals surface area contributed by atoms with Crippen molar-refractivity contribution in [2.24, 2.45) is 0 Å². The summed E-state index contributed by atoms with van der Waals surface area (Å²) >= 11 is 0. The average Bonchev–Trinajstić information content (AvgIpc) is 2.72. The Kier molecular flexibility index (Phi) is 4.66. The molecule has 1 atom stereocenters. The third-order valence-corrected chi connectivity index (χ3v) is 5.53. The summed E-state index contributed by atoms with van der Waals surface area (Å²) < 4.78 is 10.4. The van der Waals surface area contributed by atoms with Gasteiger partial charge in [-0.05, 0) is 30.5 Å². The molecule has 0 spiro atoms. The second-order valence-electron chi connectivity index (χ2n) is 7.01. The predicted molar refractivity (Wildman–Crippen MR) is 100 cm³/mol. The number of carbonyl (C=O) groups excluding carboxylic acids is 3. The molecule has 28 heavy (non-hydrogen) atoms. The van der Waals surface area contributed by atoms with Crippen molar-refractivity contribution in [2.75, 3.05) is 27.3 Å². The number of allylic oxidation sites excluding steroid dienone is 2. The topological polar surface area (TPSA) is 84.9 Å². The van der Waals surface area contributed by atoms with Gasteiger partial charge in [0.1, 0.15) is 11.4 Å². The van der Waals surface area contributed by atoms with Crippen molar-refractivity contribution in [1.29, 1.82) is 0 Å². The molecule has 146 valence electrons. The molecule has 0 bridgehead atoms. The number of methoxy groups -OCH3 is 2. The van der Waals surface area contributed by atoms with Crippen LogP contribution < -0.4 is 10.1 Å². The van der Waals surface area contributed by atoms with Gasteiger partial charge in [0.05, 0.1) is 19.8 Å². The fourth-order valence-electron chi connectivity index (χ4n) is 4.35. The van der Waals surface area contributed by atoms with Gasteiger partial charge >= 0.3 is 5.97 Å². The Morgan fingerprint density at radius 1 is 1.21 bits per heavy atom. The highest BCUT2D eigenvalue weighted by molar-refractivity contribution is 6.09. The Morgan fingerprint density at radius 2 is 2.04 bits per heavy atom. The van der Waals surface area contributed by atoms with Gasteiger partial charge in [-0.25, -0.2) is 4.79 Å². The van der Waals surface area contributed by atoms with Crippen molar-refractivity contribution < 1.29 is 23.9 Å². The van der Waals surface area contributed by atoms with Gasteiger partial charge in [-0.1, -0.05) is 12.1 Å². The van der Waals surface area contributed by atoms with Crippen molar-refractivity contribution in [1.82, 2.24) is 10.2 Å². The number of nitrogens with one attached hydrogen (secondary N) is 1. The number of nitrogens with zero attached hydrogens (tertiary/aromatic N) is 1. The average molecular weight is 382 g/mol. The minimum atomic E-state index is -0.652. The maximum absolute atomic E-state index is 13.0. The Hall–Kier alpha value is -3.09. The number of hydrogen-bond acceptors (Lipinski definition) is 6. The molecule has 4 rings (SSSR count). The van der Waals surface area contributed by atoms with E-state index in [1.165, 1.54) is 7.11 Å². The lowest BCUT2D eigenvalue weighted by Gasteiger charge is -2.43. The number of rotatable bonds is 3. The number of hydrogen-bond donors (Lipinski definition) is 1. The van der Waals surface area contributed by atoms with Gasteiger partial charge in [-0.3, -0.25) is 9.59 Å². The van der Waals surface area contributed by atoms with Crippen LogP contribution in [0, 0.1) is 0 Å². The van der Waals surface area contributed by atoms with Crippen LogP contribution in [-0.2, 0) is 19.1 Å². The molecule has 7 nitrogen and oxygen atoms in total. The van der Waals surface area contributed by atoms with Crippen LogP contribution in [0.15, 0.2) is 46.8 Å². The summed E-state index contributed by atoms with van der Waals surface area (Å²) in [7, 11) is 2.85. The van der Waals surface area contributed by atoms with E-state index in [0.717, 1.165) is 17.7 Å². The van der Waals surface area contributed by atoms with Crippen LogP contribution in [-0.4, -0.2) is 49.9 Å². The summed E-state index contributed by atoms with van der Waals surface area (Å²) in [5.74, 6) is -0.937. The molecule has 0 radical (unpaired) electrons. The number of fused-ring (bicyclic) bond motifs is 2. The molecule has 1 aromatic rings. The van der Waals surface area contributed by atoms with Gasteiger partial charge in [-0.15, -0.1) is 0 Å². The van der Waals surface area contributed by atoms with Crippen molar-refractivity contribution in [3.63, 3.8) is 0 Å². The summed E-state index contributed by atoms with van der Waals surface area (Å²) in [5, 5.41) is 2.81. The molecular weight excluding hydrogens is 360 g/mol. The fraction of sp³-hybridized carbons (Fsp3) is 0.381. The first-order chi connectivity index (χ1) is 13.6. The van der Waals surface area contributed by atoms with Gasteiger partial charge in [0.15, 0.2) is 5.78 Å². The molecule has 0 saturated carbocycles. The van der Waals surface area contributed by atoms with Gasteiger partial charge in [0, 0.05) is 36.7 Å². The predicted octanol–water partition coefficient (Wildman–Crippen LogP) is 1.66. The van der Waals surface area contributed by atoms with Crippen molar-refractivity contribution >= 4 is 17.7 Å². The summed E-state index contributed by atoms with van der Waals surface area (Å²) in [6, 6.07) is 7.26. The molecule has 1 aromatic carbocycles. The quantitative estimate of drug-likeness (QED) is 0.801. The van der Waals surface area contributed by atoms with Crippen LogP contribution in [0.1, 0.15) is 30.7 Å². The van der Waals surface area contributed by atoms with Crippen molar-refractivity contribution in [3.05, 3.63) is 52.4 Å². The Balaban J connectivity index is 2.00. The Bertz CT molecular complexity index is 930. The summed E-state index contributed by atoms with van der Waals surface area (Å²) in [5.41, 5.74) is 2.68. The molecule has 0 unspecified atom stereocenters. The second kappa shape index (κ2) is 7.14. The van der Waals surface area contributed by atoms with Crippen LogP contribution >= 0.6 is 0 Å². The van der Waals surface area contributed by atoms with Crippen molar-refractivity contribution in [3.8, 4) is 5.75 Å². The minimum Gasteiger partial charge on any atom is -0.497 e. The van der Waals surface area contributed by atoms with Crippen LogP contribution in [0.3, 0.4) is 0 Å². The van der Waals surface area contributed by atoms with Gasteiger partial charge < -0.3 is 19.7 Å². The molecule has 1 N–H and O–H groups in total. The first-order valence-electron chi connectivity index (χ1n) is 9.35. The summed E-state index contributed by atoms with van der Waals surface area (Å²) in [6.45, 7) is 0.990. The van der Waals surface area contributed by atoms with Crippen LogP contribution in [0.25, 0.3) is 0 Å². The molecule has 2 heterocycles. The number of amides is 1. The third-order valence-electron chi connectivity index (χ3n) is 5.53. The number of esters is 1. The molecule has 0 aromatic heterocycles. The van der Waals surface area contributed by atoms with Crippen LogP contribution in [0.4, 0.5) is 0 Å². The smallest absolute Gasteiger partial charge is 0.337 e. The number of ketones is 1. The fourth-order valence-corrected chi connectivity index (χ4v) is 4.35. The van der Waals surface area contributed by atoms with E-state index in [1.54, 1.807) is 19.2 Å². The van der Waals surface area contributed by atoms with Gasteiger partial charge in [0.2, 0.25) is 0 Å². The van der Waals surface area contributed by atoms with Crippen molar-refractivity contribution in [2.45, 2.75) is 25.2 Å². The highest BCUT2D eigenvalue weighted by Gasteiger charge is 2.45. The molecule has 1 saturated heterocycles. The van der Waals surface area contributed by atoms with E-state index in [-0.39, 0.29) is 17.3 Å². The zero-order valence-electron chi connectivity index (χ0n) is 15.9. The lowest BCUT2D eigenvalue weighted by Crippen LogP contribution is -2.50. The lowest BCUT2D eigenvalue weighted by molar-refractivity contribution is -0.137. The maximum Gasteiger partial charge on any atom is 0.337 e. The highest BCUT2D eigenvalue weighted by atomic mass is 16.5. The number of ether oxygens (including phenoxy) is 2. The zero-order chi connectivity index (χ0) is 19.8. The van der Waals surface area contributed by atoms with Gasteiger partial charge in [0.25, 0.3) is 5.91 Å². The molecule has 1 aliphatic carbocycles. The molecule has 1 amide bonds.